The van der Waals surface area contributed by atoms with E-state index in [1.807, 2.05) is 11.8 Å². The molecule has 0 aromatic heterocycles. The predicted molar refractivity (Wildman–Crippen MR) is 102 cm³/mol. The van der Waals surface area contributed by atoms with Crippen molar-refractivity contribution in [2.24, 2.45) is 0 Å². The highest BCUT2D eigenvalue weighted by Crippen LogP contribution is 2.38. The standard InChI is InChI=1S/C21H30OS/c1-17(13-14-20-21(3,4)22-20)9-8-10-18(2)15-16-23-19-11-6-5-7-12-19/h5-7,9,11-12,15,20H,8,10,13-14,16H2,1-4H3/b17-9+,18-15+/t20-/m1/s1. The Hall–Kier alpha value is -0.990. The van der Waals surface area contributed by atoms with Gasteiger partial charge in [0.2, 0.25) is 0 Å². The van der Waals surface area contributed by atoms with Crippen molar-refractivity contribution >= 4 is 11.8 Å². The van der Waals surface area contributed by atoms with Crippen molar-refractivity contribution < 1.29 is 4.74 Å². The van der Waals surface area contributed by atoms with Crippen molar-refractivity contribution in [1.82, 2.24) is 0 Å². The van der Waals surface area contributed by atoms with Gasteiger partial charge in [-0.1, -0.05) is 41.5 Å². The minimum Gasteiger partial charge on any atom is -0.367 e. The smallest absolute Gasteiger partial charge is 0.0892 e. The third-order valence-electron chi connectivity index (χ3n) is 4.42. The van der Waals surface area contributed by atoms with E-state index < -0.39 is 0 Å². The highest BCUT2D eigenvalue weighted by molar-refractivity contribution is 7.99. The summed E-state index contributed by atoms with van der Waals surface area (Å²) in [5.41, 5.74) is 3.13. The predicted octanol–water partition coefficient (Wildman–Crippen LogP) is 6.41. The molecule has 1 aromatic rings. The molecule has 1 fully saturated rings. The Morgan fingerprint density at radius 2 is 1.74 bits per heavy atom. The molecule has 1 nitrogen and oxygen atoms in total. The van der Waals surface area contributed by atoms with Crippen molar-refractivity contribution in [2.75, 3.05) is 5.75 Å². The number of hydrogen-bond acceptors (Lipinski definition) is 2. The Morgan fingerprint density at radius 1 is 1.09 bits per heavy atom. The van der Waals surface area contributed by atoms with Crippen molar-refractivity contribution in [3.05, 3.63) is 53.6 Å². The molecule has 1 aliphatic heterocycles. The molecule has 0 radical (unpaired) electrons. The molecular weight excluding hydrogens is 300 g/mol. The number of rotatable bonds is 9. The molecule has 1 heterocycles. The zero-order chi connectivity index (χ0) is 16.7. The summed E-state index contributed by atoms with van der Waals surface area (Å²) < 4.78 is 5.64. The molecule has 0 spiro atoms. The Bertz CT molecular complexity index is 542. The van der Waals surface area contributed by atoms with Gasteiger partial charge in [-0.2, -0.15) is 0 Å². The highest BCUT2D eigenvalue weighted by Gasteiger charge is 2.46. The molecule has 1 atom stereocenters. The van der Waals surface area contributed by atoms with E-state index in [9.17, 15) is 0 Å². The van der Waals surface area contributed by atoms with Crippen LogP contribution in [0.15, 0.2) is 58.5 Å². The van der Waals surface area contributed by atoms with Crippen LogP contribution in [0.3, 0.4) is 0 Å². The van der Waals surface area contributed by atoms with Gasteiger partial charge in [-0.25, -0.2) is 0 Å². The topological polar surface area (TPSA) is 12.5 Å². The fourth-order valence-electron chi connectivity index (χ4n) is 2.65. The molecule has 2 rings (SSSR count). The van der Waals surface area contributed by atoms with E-state index in [0.717, 1.165) is 25.0 Å². The van der Waals surface area contributed by atoms with Crippen LogP contribution in [0.5, 0.6) is 0 Å². The van der Waals surface area contributed by atoms with Crippen LogP contribution in [0.2, 0.25) is 0 Å². The lowest BCUT2D eigenvalue weighted by Gasteiger charge is -2.03. The van der Waals surface area contributed by atoms with Gasteiger partial charge >= 0.3 is 0 Å². The lowest BCUT2D eigenvalue weighted by atomic mass is 10.0. The summed E-state index contributed by atoms with van der Waals surface area (Å²) in [5, 5.41) is 0. The van der Waals surface area contributed by atoms with Gasteiger partial charge in [-0.15, -0.1) is 11.8 Å². The van der Waals surface area contributed by atoms with Crippen LogP contribution in [0.4, 0.5) is 0 Å². The molecule has 0 saturated carbocycles. The summed E-state index contributed by atoms with van der Waals surface area (Å²) in [7, 11) is 0. The average Bonchev–Trinajstić information content (AvgIpc) is 3.13. The zero-order valence-electron chi connectivity index (χ0n) is 15.0. The summed E-state index contributed by atoms with van der Waals surface area (Å²) in [4.78, 5) is 1.34. The van der Waals surface area contributed by atoms with E-state index in [0.29, 0.717) is 6.10 Å². The van der Waals surface area contributed by atoms with E-state index in [-0.39, 0.29) is 5.60 Å². The second-order valence-corrected chi connectivity index (χ2v) is 8.11. The monoisotopic (exact) mass is 330 g/mol. The summed E-state index contributed by atoms with van der Waals surface area (Å²) in [6, 6.07) is 10.6. The fourth-order valence-corrected chi connectivity index (χ4v) is 3.56. The normalized spacial score (nSPS) is 20.6. The number of hydrogen-bond donors (Lipinski definition) is 0. The van der Waals surface area contributed by atoms with Crippen LogP contribution in [-0.2, 0) is 4.74 Å². The summed E-state index contributed by atoms with van der Waals surface area (Å²) in [6.45, 7) is 8.85. The maximum absolute atomic E-state index is 5.64. The second kappa shape index (κ2) is 8.75. The van der Waals surface area contributed by atoms with Crippen LogP contribution >= 0.6 is 11.8 Å². The molecular formula is C21H30OS. The Labute approximate surface area is 146 Å². The zero-order valence-corrected chi connectivity index (χ0v) is 15.8. The Balaban J connectivity index is 1.60. The molecule has 0 aliphatic carbocycles. The van der Waals surface area contributed by atoms with Gasteiger partial charge in [0.25, 0.3) is 0 Å². The number of allylic oxidation sites excluding steroid dienone is 3. The molecule has 126 valence electrons. The molecule has 0 bridgehead atoms. The van der Waals surface area contributed by atoms with Gasteiger partial charge in [0.1, 0.15) is 0 Å². The number of epoxide rings is 1. The first-order valence-electron chi connectivity index (χ1n) is 8.64. The van der Waals surface area contributed by atoms with Crippen molar-refractivity contribution in [3.63, 3.8) is 0 Å². The first kappa shape index (κ1) is 18.4. The summed E-state index contributed by atoms with van der Waals surface area (Å²) >= 11 is 1.90. The first-order valence-corrected chi connectivity index (χ1v) is 9.63. The van der Waals surface area contributed by atoms with Crippen molar-refractivity contribution in [2.45, 2.75) is 70.0 Å². The average molecular weight is 331 g/mol. The second-order valence-electron chi connectivity index (χ2n) is 7.01. The van der Waals surface area contributed by atoms with E-state index in [4.69, 9.17) is 4.74 Å². The fraction of sp³-hybridized carbons (Fsp3) is 0.524. The lowest BCUT2D eigenvalue weighted by molar-refractivity contribution is 0.320. The minimum atomic E-state index is 0.135. The molecule has 0 N–H and O–H groups in total. The summed E-state index contributed by atoms with van der Waals surface area (Å²) in [5.74, 6) is 1.06. The van der Waals surface area contributed by atoms with Crippen molar-refractivity contribution in [3.8, 4) is 0 Å². The third kappa shape index (κ3) is 6.97. The number of thioether (sulfide) groups is 1. The molecule has 23 heavy (non-hydrogen) atoms. The van der Waals surface area contributed by atoms with E-state index >= 15 is 0 Å². The van der Waals surface area contributed by atoms with Crippen LogP contribution in [0, 0.1) is 0 Å². The quantitative estimate of drug-likeness (QED) is 0.295. The first-order chi connectivity index (χ1) is 11.0. The van der Waals surface area contributed by atoms with Gasteiger partial charge in [0, 0.05) is 10.6 Å². The third-order valence-corrected chi connectivity index (χ3v) is 5.36. The maximum Gasteiger partial charge on any atom is 0.0892 e. The SMILES string of the molecule is C/C(=C\CSc1ccccc1)CC/C=C(\C)CC[C@H]1OC1(C)C. The minimum absolute atomic E-state index is 0.135. The maximum atomic E-state index is 5.64. The van der Waals surface area contributed by atoms with E-state index in [1.165, 1.54) is 22.5 Å². The Kier molecular flexibility index (Phi) is 6.98. The van der Waals surface area contributed by atoms with Crippen LogP contribution in [-0.4, -0.2) is 17.5 Å². The molecule has 0 amide bonds. The van der Waals surface area contributed by atoms with Gasteiger partial charge in [-0.05, 0) is 65.5 Å². The van der Waals surface area contributed by atoms with Gasteiger partial charge in [-0.3, -0.25) is 0 Å². The molecule has 1 aliphatic rings. The van der Waals surface area contributed by atoms with E-state index in [2.05, 4.69) is 70.2 Å². The van der Waals surface area contributed by atoms with Crippen molar-refractivity contribution in [1.29, 1.82) is 0 Å². The van der Waals surface area contributed by atoms with Crippen LogP contribution in [0.1, 0.15) is 53.4 Å². The highest BCUT2D eigenvalue weighted by atomic mass is 32.2. The van der Waals surface area contributed by atoms with Crippen LogP contribution in [0.25, 0.3) is 0 Å². The molecule has 1 saturated heterocycles. The molecule has 1 aromatic carbocycles. The molecule has 0 unspecified atom stereocenters. The van der Waals surface area contributed by atoms with Gasteiger partial charge in [0.15, 0.2) is 0 Å². The number of ether oxygens (including phenoxy) is 1. The number of benzene rings is 1. The van der Waals surface area contributed by atoms with Gasteiger partial charge < -0.3 is 4.74 Å². The molecule has 2 heteroatoms. The van der Waals surface area contributed by atoms with Gasteiger partial charge in [0.05, 0.1) is 11.7 Å². The van der Waals surface area contributed by atoms with E-state index in [1.54, 1.807) is 0 Å². The summed E-state index contributed by atoms with van der Waals surface area (Å²) in [6.07, 6.45) is 9.89. The Morgan fingerprint density at radius 3 is 2.39 bits per heavy atom. The lowest BCUT2D eigenvalue weighted by Crippen LogP contribution is -2.02. The largest absolute Gasteiger partial charge is 0.367 e. The van der Waals surface area contributed by atoms with Crippen LogP contribution < -0.4 is 0 Å².